The fraction of sp³-hybridized carbons (Fsp3) is 0.500. The van der Waals surface area contributed by atoms with Gasteiger partial charge in [-0.1, -0.05) is 43.7 Å². The fourth-order valence-electron chi connectivity index (χ4n) is 1.68. The average Bonchev–Trinajstić information content (AvgIpc) is 2.43. The molecule has 1 N–H and O–H groups in total. The molecule has 0 spiro atoms. The Morgan fingerprint density at radius 2 is 1.95 bits per heavy atom. The molecule has 7 heteroatoms. The van der Waals surface area contributed by atoms with E-state index in [0.717, 1.165) is 18.2 Å². The molecule has 1 aromatic carbocycles. The highest BCUT2D eigenvalue weighted by Gasteiger charge is 2.15. The molecule has 118 valence electrons. The van der Waals surface area contributed by atoms with E-state index < -0.39 is 22.3 Å². The zero-order chi connectivity index (χ0) is 15.7. The molecular formula is C14H21NO5S. The number of carbonyl (C=O) groups is 1. The molecule has 6 nitrogen and oxygen atoms in total. The fourth-order valence-corrected chi connectivity index (χ4v) is 2.09. The lowest BCUT2D eigenvalue weighted by atomic mass is 10.2. The first kappa shape index (κ1) is 17.5. The zero-order valence-corrected chi connectivity index (χ0v) is 13.1. The predicted octanol–water partition coefficient (Wildman–Crippen LogP) is 2.06. The van der Waals surface area contributed by atoms with E-state index in [9.17, 15) is 13.2 Å². The first-order chi connectivity index (χ1) is 9.90. The quantitative estimate of drug-likeness (QED) is 0.743. The van der Waals surface area contributed by atoms with Gasteiger partial charge in [0.1, 0.15) is 6.61 Å². The number of hydrogen-bond acceptors (Lipinski definition) is 5. The van der Waals surface area contributed by atoms with Crippen LogP contribution in [0.15, 0.2) is 30.3 Å². The van der Waals surface area contributed by atoms with Crippen LogP contribution in [0.3, 0.4) is 0 Å². The molecule has 1 amide bonds. The normalized spacial score (nSPS) is 12.7. The molecule has 0 saturated heterocycles. The second-order valence-corrected chi connectivity index (χ2v) is 6.32. The maximum Gasteiger partial charge on any atom is 0.407 e. The van der Waals surface area contributed by atoms with E-state index in [-0.39, 0.29) is 13.2 Å². The minimum absolute atomic E-state index is 0.0902. The second kappa shape index (κ2) is 8.63. The summed E-state index contributed by atoms with van der Waals surface area (Å²) < 4.78 is 31.7. The summed E-state index contributed by atoms with van der Waals surface area (Å²) in [6.45, 7) is 2.01. The molecule has 0 aromatic heterocycles. The maximum atomic E-state index is 11.7. The van der Waals surface area contributed by atoms with Crippen molar-refractivity contribution in [3.63, 3.8) is 0 Å². The highest BCUT2D eigenvalue weighted by molar-refractivity contribution is 7.85. The van der Waals surface area contributed by atoms with Crippen LogP contribution in [0.25, 0.3) is 0 Å². The van der Waals surface area contributed by atoms with Crippen LogP contribution in [0, 0.1) is 0 Å². The van der Waals surface area contributed by atoms with Gasteiger partial charge in [-0.15, -0.1) is 0 Å². The Bertz CT molecular complexity index is 530. The van der Waals surface area contributed by atoms with E-state index in [1.807, 2.05) is 37.3 Å². The van der Waals surface area contributed by atoms with E-state index in [1.165, 1.54) is 0 Å². The summed E-state index contributed by atoms with van der Waals surface area (Å²) in [6.07, 6.45) is 1.78. The smallest absolute Gasteiger partial charge is 0.407 e. The number of alkyl carbamates (subject to hydrolysis) is 1. The van der Waals surface area contributed by atoms with Crippen molar-refractivity contribution >= 4 is 16.2 Å². The number of benzene rings is 1. The summed E-state index contributed by atoms with van der Waals surface area (Å²) in [5.74, 6) is 0. The van der Waals surface area contributed by atoms with Gasteiger partial charge in [0.2, 0.25) is 0 Å². The lowest BCUT2D eigenvalue weighted by molar-refractivity contribution is 0.130. The minimum atomic E-state index is -3.52. The first-order valence-corrected chi connectivity index (χ1v) is 8.54. The monoisotopic (exact) mass is 315 g/mol. The molecule has 1 rings (SSSR count). The Morgan fingerprint density at radius 3 is 2.52 bits per heavy atom. The summed E-state index contributed by atoms with van der Waals surface area (Å²) in [5, 5.41) is 2.61. The van der Waals surface area contributed by atoms with E-state index in [4.69, 9.17) is 8.92 Å². The van der Waals surface area contributed by atoms with Gasteiger partial charge < -0.3 is 10.1 Å². The summed E-state index contributed by atoms with van der Waals surface area (Å²) in [4.78, 5) is 11.7. The van der Waals surface area contributed by atoms with Crippen LogP contribution in [0.2, 0.25) is 0 Å². The van der Waals surface area contributed by atoms with Crippen molar-refractivity contribution in [2.45, 2.75) is 32.4 Å². The molecule has 0 aliphatic heterocycles. The molecule has 0 heterocycles. The van der Waals surface area contributed by atoms with Crippen molar-refractivity contribution in [1.82, 2.24) is 5.32 Å². The molecule has 21 heavy (non-hydrogen) atoms. The molecule has 0 saturated carbocycles. The number of rotatable bonds is 8. The van der Waals surface area contributed by atoms with E-state index >= 15 is 0 Å². The van der Waals surface area contributed by atoms with Gasteiger partial charge in [-0.2, -0.15) is 8.42 Å². The minimum Gasteiger partial charge on any atom is -0.445 e. The van der Waals surface area contributed by atoms with Gasteiger partial charge in [-0.25, -0.2) is 4.79 Å². The van der Waals surface area contributed by atoms with Crippen LogP contribution >= 0.6 is 0 Å². The zero-order valence-electron chi connectivity index (χ0n) is 12.2. The van der Waals surface area contributed by atoms with Crippen LogP contribution in [-0.2, 0) is 25.6 Å². The third kappa shape index (κ3) is 8.31. The first-order valence-electron chi connectivity index (χ1n) is 6.72. The summed E-state index contributed by atoms with van der Waals surface area (Å²) in [5.41, 5.74) is 0.882. The second-order valence-electron chi connectivity index (χ2n) is 4.68. The van der Waals surface area contributed by atoms with Crippen LogP contribution in [0.1, 0.15) is 25.3 Å². The Balaban J connectivity index is 2.41. The predicted molar refractivity (Wildman–Crippen MR) is 79.3 cm³/mol. The van der Waals surface area contributed by atoms with Gasteiger partial charge >= 0.3 is 6.09 Å². The van der Waals surface area contributed by atoms with Crippen LogP contribution in [-0.4, -0.2) is 33.4 Å². The molecule has 0 fully saturated rings. The molecule has 0 bridgehead atoms. The van der Waals surface area contributed by atoms with E-state index in [1.54, 1.807) is 0 Å². The van der Waals surface area contributed by atoms with E-state index in [0.29, 0.717) is 6.42 Å². The molecule has 0 radical (unpaired) electrons. The summed E-state index contributed by atoms with van der Waals surface area (Å²) >= 11 is 0. The van der Waals surface area contributed by atoms with Crippen LogP contribution in [0.5, 0.6) is 0 Å². The molecule has 0 aliphatic carbocycles. The molecule has 1 atom stereocenters. The maximum absolute atomic E-state index is 11.7. The van der Waals surface area contributed by atoms with Crippen molar-refractivity contribution in [2.24, 2.45) is 0 Å². The molecule has 1 aromatic rings. The van der Waals surface area contributed by atoms with Crippen molar-refractivity contribution in [2.75, 3.05) is 12.9 Å². The van der Waals surface area contributed by atoms with Gasteiger partial charge in [-0.05, 0) is 12.0 Å². The van der Waals surface area contributed by atoms with Gasteiger partial charge in [0, 0.05) is 0 Å². The Kier molecular flexibility index (Phi) is 7.18. The van der Waals surface area contributed by atoms with Crippen molar-refractivity contribution in [3.8, 4) is 0 Å². The van der Waals surface area contributed by atoms with Gasteiger partial charge in [0.05, 0.1) is 18.9 Å². The van der Waals surface area contributed by atoms with Gasteiger partial charge in [0.15, 0.2) is 0 Å². The van der Waals surface area contributed by atoms with Gasteiger partial charge in [-0.3, -0.25) is 4.18 Å². The third-order valence-electron chi connectivity index (χ3n) is 2.66. The van der Waals surface area contributed by atoms with Crippen molar-refractivity contribution < 1.29 is 22.1 Å². The third-order valence-corrected chi connectivity index (χ3v) is 3.22. The lowest BCUT2D eigenvalue weighted by Crippen LogP contribution is -2.39. The highest BCUT2D eigenvalue weighted by atomic mass is 32.2. The van der Waals surface area contributed by atoms with E-state index in [2.05, 4.69) is 5.32 Å². The molecule has 0 aliphatic rings. The Hall–Kier alpha value is -1.60. The molecule has 0 unspecified atom stereocenters. The number of nitrogens with one attached hydrogen (secondary N) is 1. The number of amides is 1. The summed E-state index contributed by atoms with van der Waals surface area (Å²) in [7, 11) is -3.52. The Labute approximate surface area is 125 Å². The standard InChI is InChI=1S/C14H21NO5S/c1-3-7-13(11-20-21(2,17)18)15-14(16)19-10-12-8-5-4-6-9-12/h4-6,8-9,13H,3,7,10-11H2,1-2H3,(H,15,16)/t13-/m0/s1. The Morgan fingerprint density at radius 1 is 1.29 bits per heavy atom. The van der Waals surface area contributed by atoms with Crippen LogP contribution < -0.4 is 5.32 Å². The van der Waals surface area contributed by atoms with Crippen molar-refractivity contribution in [3.05, 3.63) is 35.9 Å². The molecular weight excluding hydrogens is 294 g/mol. The van der Waals surface area contributed by atoms with Crippen molar-refractivity contribution in [1.29, 1.82) is 0 Å². The summed E-state index contributed by atoms with van der Waals surface area (Å²) in [6, 6.07) is 8.90. The largest absolute Gasteiger partial charge is 0.445 e. The highest BCUT2D eigenvalue weighted by Crippen LogP contribution is 2.03. The SMILES string of the molecule is CCC[C@@H](COS(C)(=O)=O)NC(=O)OCc1ccccc1. The topological polar surface area (TPSA) is 81.7 Å². The number of carbonyl (C=O) groups excluding carboxylic acids is 1. The number of ether oxygens (including phenoxy) is 1. The lowest BCUT2D eigenvalue weighted by Gasteiger charge is -2.17. The van der Waals surface area contributed by atoms with Crippen LogP contribution in [0.4, 0.5) is 4.79 Å². The van der Waals surface area contributed by atoms with Gasteiger partial charge in [0.25, 0.3) is 10.1 Å². The average molecular weight is 315 g/mol. The number of hydrogen-bond donors (Lipinski definition) is 1.